The van der Waals surface area contributed by atoms with Crippen molar-refractivity contribution in [2.75, 3.05) is 25.6 Å². The van der Waals surface area contributed by atoms with Crippen molar-refractivity contribution in [1.82, 2.24) is 5.32 Å². The summed E-state index contributed by atoms with van der Waals surface area (Å²) in [6.45, 7) is 0.355. The highest BCUT2D eigenvalue weighted by Crippen LogP contribution is 2.33. The van der Waals surface area contributed by atoms with Crippen LogP contribution >= 0.6 is 15.9 Å². The standard InChI is InChI=1S/C11H13BrN2O2/c1-13-8-6-16-10-4-3-7(12)5-9(10)14(2)11(8)15/h3-5,8,13H,6H2,1-2H3/t8-/m0/s1. The largest absolute Gasteiger partial charge is 0.489 e. The molecular formula is C11H13BrN2O2. The highest BCUT2D eigenvalue weighted by molar-refractivity contribution is 9.10. The summed E-state index contributed by atoms with van der Waals surface area (Å²) in [6.07, 6.45) is 0. The first-order valence-corrected chi connectivity index (χ1v) is 5.80. The summed E-state index contributed by atoms with van der Waals surface area (Å²) in [7, 11) is 3.51. The maximum Gasteiger partial charge on any atom is 0.247 e. The van der Waals surface area contributed by atoms with Gasteiger partial charge in [0.25, 0.3) is 0 Å². The first kappa shape index (κ1) is 11.4. The summed E-state index contributed by atoms with van der Waals surface area (Å²) >= 11 is 3.39. The zero-order valence-electron chi connectivity index (χ0n) is 9.16. The van der Waals surface area contributed by atoms with Crippen LogP contribution in [0.5, 0.6) is 5.75 Å². The normalized spacial score (nSPS) is 20.1. The number of nitrogens with one attached hydrogen (secondary N) is 1. The lowest BCUT2D eigenvalue weighted by molar-refractivity contribution is -0.120. The molecule has 1 aliphatic heterocycles. The summed E-state index contributed by atoms with van der Waals surface area (Å²) in [5, 5.41) is 2.95. The van der Waals surface area contributed by atoms with E-state index in [2.05, 4.69) is 21.2 Å². The molecule has 0 unspecified atom stereocenters. The topological polar surface area (TPSA) is 41.6 Å². The van der Waals surface area contributed by atoms with Gasteiger partial charge >= 0.3 is 0 Å². The molecule has 86 valence electrons. The third-order valence-electron chi connectivity index (χ3n) is 2.66. The zero-order valence-corrected chi connectivity index (χ0v) is 10.7. The second kappa shape index (κ2) is 4.43. The van der Waals surface area contributed by atoms with E-state index in [1.165, 1.54) is 0 Å². The van der Waals surface area contributed by atoms with E-state index in [1.807, 2.05) is 18.2 Å². The van der Waals surface area contributed by atoms with Crippen molar-refractivity contribution in [3.05, 3.63) is 22.7 Å². The number of likely N-dealkylation sites (N-methyl/N-ethyl adjacent to an activating group) is 2. The molecule has 16 heavy (non-hydrogen) atoms. The van der Waals surface area contributed by atoms with Crippen LogP contribution < -0.4 is 15.0 Å². The molecule has 1 atom stereocenters. The molecule has 1 N–H and O–H groups in total. The number of anilines is 1. The number of carbonyl (C=O) groups excluding carboxylic acids is 1. The van der Waals surface area contributed by atoms with Crippen LogP contribution in [0.4, 0.5) is 5.69 Å². The van der Waals surface area contributed by atoms with Crippen molar-refractivity contribution in [2.24, 2.45) is 0 Å². The molecule has 0 spiro atoms. The van der Waals surface area contributed by atoms with Gasteiger partial charge in [-0.25, -0.2) is 0 Å². The lowest BCUT2D eigenvalue weighted by atomic mass is 10.2. The Labute approximate surface area is 103 Å². The number of nitrogens with zero attached hydrogens (tertiary/aromatic N) is 1. The second-order valence-electron chi connectivity index (χ2n) is 3.66. The van der Waals surface area contributed by atoms with E-state index in [-0.39, 0.29) is 11.9 Å². The van der Waals surface area contributed by atoms with Crippen LogP contribution in [0.2, 0.25) is 0 Å². The van der Waals surface area contributed by atoms with E-state index in [0.717, 1.165) is 15.9 Å². The average Bonchev–Trinajstić information content (AvgIpc) is 2.40. The SMILES string of the molecule is CN[C@H]1COc2ccc(Br)cc2N(C)C1=O. The van der Waals surface area contributed by atoms with E-state index >= 15 is 0 Å². The summed E-state index contributed by atoms with van der Waals surface area (Å²) in [4.78, 5) is 13.6. The van der Waals surface area contributed by atoms with Gasteiger partial charge in [-0.3, -0.25) is 4.79 Å². The molecule has 0 aliphatic carbocycles. The van der Waals surface area contributed by atoms with Gasteiger partial charge in [-0.05, 0) is 25.2 Å². The number of hydrogen-bond donors (Lipinski definition) is 1. The number of fused-ring (bicyclic) bond motifs is 1. The Balaban J connectivity index is 2.42. The quantitative estimate of drug-likeness (QED) is 0.848. The minimum absolute atomic E-state index is 0.0133. The van der Waals surface area contributed by atoms with Gasteiger partial charge < -0.3 is 15.0 Å². The molecule has 0 saturated heterocycles. The zero-order chi connectivity index (χ0) is 11.7. The minimum Gasteiger partial charge on any atom is -0.489 e. The maximum absolute atomic E-state index is 12.0. The van der Waals surface area contributed by atoms with Crippen LogP contribution in [-0.2, 0) is 4.79 Å². The molecule has 5 heteroatoms. The van der Waals surface area contributed by atoms with Gasteiger partial charge in [0.15, 0.2) is 0 Å². The minimum atomic E-state index is -0.295. The van der Waals surface area contributed by atoms with Crippen molar-refractivity contribution in [1.29, 1.82) is 0 Å². The summed E-state index contributed by atoms with van der Waals surface area (Å²) in [5.74, 6) is 0.746. The highest BCUT2D eigenvalue weighted by Gasteiger charge is 2.27. The molecule has 0 aromatic heterocycles. The Morgan fingerprint density at radius 3 is 3.00 bits per heavy atom. The first-order valence-electron chi connectivity index (χ1n) is 5.00. The van der Waals surface area contributed by atoms with Crippen LogP contribution in [0.3, 0.4) is 0 Å². The Morgan fingerprint density at radius 1 is 1.56 bits per heavy atom. The number of hydrogen-bond acceptors (Lipinski definition) is 3. The van der Waals surface area contributed by atoms with Gasteiger partial charge in [0.1, 0.15) is 18.4 Å². The van der Waals surface area contributed by atoms with E-state index in [9.17, 15) is 4.79 Å². The maximum atomic E-state index is 12.0. The van der Waals surface area contributed by atoms with E-state index in [1.54, 1.807) is 19.0 Å². The number of amides is 1. The monoisotopic (exact) mass is 284 g/mol. The predicted octanol–water partition coefficient (Wildman–Crippen LogP) is 1.39. The average molecular weight is 285 g/mol. The van der Waals surface area contributed by atoms with E-state index in [0.29, 0.717) is 6.61 Å². The van der Waals surface area contributed by atoms with Crippen molar-refractivity contribution < 1.29 is 9.53 Å². The molecule has 1 aromatic carbocycles. The second-order valence-corrected chi connectivity index (χ2v) is 4.58. The van der Waals surface area contributed by atoms with Crippen molar-refractivity contribution >= 4 is 27.5 Å². The third kappa shape index (κ3) is 1.92. The van der Waals surface area contributed by atoms with Gasteiger partial charge in [0.05, 0.1) is 5.69 Å². The number of benzene rings is 1. The number of rotatable bonds is 1. The van der Waals surface area contributed by atoms with Crippen LogP contribution in [0.15, 0.2) is 22.7 Å². The number of ether oxygens (including phenoxy) is 1. The van der Waals surface area contributed by atoms with Crippen LogP contribution in [0, 0.1) is 0 Å². The molecule has 4 nitrogen and oxygen atoms in total. The van der Waals surface area contributed by atoms with Gasteiger partial charge in [-0.15, -0.1) is 0 Å². The molecular weight excluding hydrogens is 272 g/mol. The van der Waals surface area contributed by atoms with E-state index < -0.39 is 0 Å². The van der Waals surface area contributed by atoms with Crippen LogP contribution in [0.1, 0.15) is 0 Å². The molecule has 1 heterocycles. The van der Waals surface area contributed by atoms with E-state index in [4.69, 9.17) is 4.74 Å². The Hall–Kier alpha value is -1.07. The molecule has 0 fully saturated rings. The van der Waals surface area contributed by atoms with Gasteiger partial charge in [-0.1, -0.05) is 15.9 Å². The van der Waals surface area contributed by atoms with Crippen molar-refractivity contribution in [3.63, 3.8) is 0 Å². The fraction of sp³-hybridized carbons (Fsp3) is 0.364. The lowest BCUT2D eigenvalue weighted by Gasteiger charge is -2.19. The van der Waals surface area contributed by atoms with Gasteiger partial charge in [-0.2, -0.15) is 0 Å². The Kier molecular flexibility index (Phi) is 3.16. The van der Waals surface area contributed by atoms with Gasteiger partial charge in [0.2, 0.25) is 5.91 Å². The molecule has 1 amide bonds. The van der Waals surface area contributed by atoms with Crippen LogP contribution in [-0.4, -0.2) is 32.7 Å². The predicted molar refractivity (Wildman–Crippen MR) is 65.9 cm³/mol. The first-order chi connectivity index (χ1) is 7.63. The number of halogens is 1. The van der Waals surface area contributed by atoms with Crippen molar-refractivity contribution in [3.8, 4) is 5.75 Å². The molecule has 1 aromatic rings. The molecule has 1 aliphatic rings. The lowest BCUT2D eigenvalue weighted by Crippen LogP contribution is -2.45. The molecule has 2 rings (SSSR count). The number of carbonyl (C=O) groups is 1. The molecule has 0 saturated carbocycles. The third-order valence-corrected chi connectivity index (χ3v) is 3.16. The fourth-order valence-corrected chi connectivity index (χ4v) is 2.03. The molecule has 0 bridgehead atoms. The Morgan fingerprint density at radius 2 is 2.31 bits per heavy atom. The Bertz CT molecular complexity index is 422. The van der Waals surface area contributed by atoms with Crippen LogP contribution in [0.25, 0.3) is 0 Å². The smallest absolute Gasteiger partial charge is 0.247 e. The molecule has 0 radical (unpaired) electrons. The van der Waals surface area contributed by atoms with Gasteiger partial charge in [0, 0.05) is 11.5 Å². The highest BCUT2D eigenvalue weighted by atomic mass is 79.9. The summed E-state index contributed by atoms with van der Waals surface area (Å²) < 4.78 is 6.53. The fourth-order valence-electron chi connectivity index (χ4n) is 1.68. The van der Waals surface area contributed by atoms with Crippen molar-refractivity contribution in [2.45, 2.75) is 6.04 Å². The summed E-state index contributed by atoms with van der Waals surface area (Å²) in [5.41, 5.74) is 0.789. The summed E-state index contributed by atoms with van der Waals surface area (Å²) in [6, 6.07) is 5.35.